The summed E-state index contributed by atoms with van der Waals surface area (Å²) in [6.45, 7) is 4.01. The van der Waals surface area contributed by atoms with Gasteiger partial charge in [-0.3, -0.25) is 9.69 Å². The van der Waals surface area contributed by atoms with Gasteiger partial charge < -0.3 is 14.2 Å². The van der Waals surface area contributed by atoms with Crippen LogP contribution in [-0.4, -0.2) is 63.4 Å². The molecule has 8 nitrogen and oxygen atoms in total. The van der Waals surface area contributed by atoms with Crippen LogP contribution in [-0.2, 0) is 13.6 Å². The number of amides is 1. The lowest BCUT2D eigenvalue weighted by molar-refractivity contribution is -0.0553. The molecule has 3 heterocycles. The standard InChI is InChI=1S/C16H21F2N5O3/c1-10-12(11(2)26-20-10)9-22-4-6-23(7-5-22)15(24)13-8-14(21(3)19-13)25-16(17)18/h8,16H,4-7,9H2,1-3H3. The summed E-state index contributed by atoms with van der Waals surface area (Å²) in [4.78, 5) is 16.4. The molecule has 1 saturated heterocycles. The number of alkyl halides is 2. The van der Waals surface area contributed by atoms with E-state index in [-0.39, 0.29) is 17.5 Å². The number of aromatic nitrogens is 3. The Bertz CT molecular complexity index is 761. The molecule has 0 aromatic carbocycles. The molecule has 0 aliphatic carbocycles. The summed E-state index contributed by atoms with van der Waals surface area (Å²) in [5.41, 5.74) is 2.05. The van der Waals surface area contributed by atoms with Gasteiger partial charge >= 0.3 is 6.61 Å². The number of aryl methyl sites for hydroxylation is 3. The highest BCUT2D eigenvalue weighted by atomic mass is 19.3. The Morgan fingerprint density at radius 1 is 1.31 bits per heavy atom. The fourth-order valence-corrected chi connectivity index (χ4v) is 2.98. The molecule has 1 aliphatic heterocycles. The molecule has 0 saturated carbocycles. The van der Waals surface area contributed by atoms with Crippen LogP contribution in [0.4, 0.5) is 8.78 Å². The summed E-state index contributed by atoms with van der Waals surface area (Å²) in [7, 11) is 1.45. The van der Waals surface area contributed by atoms with Gasteiger partial charge in [0, 0.05) is 51.4 Å². The van der Waals surface area contributed by atoms with Gasteiger partial charge in [0.25, 0.3) is 5.91 Å². The van der Waals surface area contributed by atoms with E-state index in [9.17, 15) is 13.6 Å². The van der Waals surface area contributed by atoms with Crippen molar-refractivity contribution in [2.75, 3.05) is 26.2 Å². The third-order valence-corrected chi connectivity index (χ3v) is 4.49. The Hall–Kier alpha value is -2.49. The molecule has 1 amide bonds. The van der Waals surface area contributed by atoms with Gasteiger partial charge in [0.1, 0.15) is 5.76 Å². The first-order valence-electron chi connectivity index (χ1n) is 8.27. The van der Waals surface area contributed by atoms with Crippen LogP contribution < -0.4 is 4.74 Å². The van der Waals surface area contributed by atoms with Crippen molar-refractivity contribution in [1.29, 1.82) is 0 Å². The predicted molar refractivity (Wildman–Crippen MR) is 87.0 cm³/mol. The normalized spacial score (nSPS) is 15.7. The van der Waals surface area contributed by atoms with Gasteiger partial charge in [-0.05, 0) is 13.8 Å². The second-order valence-electron chi connectivity index (χ2n) is 6.24. The Balaban J connectivity index is 1.58. The molecule has 142 valence electrons. The van der Waals surface area contributed by atoms with Crippen molar-refractivity contribution < 1.29 is 22.8 Å². The lowest BCUT2D eigenvalue weighted by Crippen LogP contribution is -2.48. The van der Waals surface area contributed by atoms with Gasteiger partial charge in [-0.15, -0.1) is 0 Å². The highest BCUT2D eigenvalue weighted by Gasteiger charge is 2.26. The van der Waals surface area contributed by atoms with Crippen LogP contribution in [0.1, 0.15) is 27.5 Å². The molecule has 10 heteroatoms. The minimum atomic E-state index is -2.96. The molecule has 1 aliphatic rings. The fraction of sp³-hybridized carbons (Fsp3) is 0.562. The Morgan fingerprint density at radius 3 is 2.58 bits per heavy atom. The van der Waals surface area contributed by atoms with Crippen molar-refractivity contribution >= 4 is 5.91 Å². The monoisotopic (exact) mass is 369 g/mol. The molecule has 0 bridgehead atoms. The van der Waals surface area contributed by atoms with Gasteiger partial charge in [0.15, 0.2) is 5.69 Å². The molecule has 3 rings (SSSR count). The highest BCUT2D eigenvalue weighted by molar-refractivity contribution is 5.92. The van der Waals surface area contributed by atoms with Crippen molar-refractivity contribution in [2.24, 2.45) is 7.05 Å². The quantitative estimate of drug-likeness (QED) is 0.797. The van der Waals surface area contributed by atoms with Crippen LogP contribution in [0.25, 0.3) is 0 Å². The van der Waals surface area contributed by atoms with Crippen LogP contribution in [0.5, 0.6) is 5.88 Å². The van der Waals surface area contributed by atoms with E-state index < -0.39 is 6.61 Å². The van der Waals surface area contributed by atoms with E-state index in [0.29, 0.717) is 26.2 Å². The number of halogens is 2. The van der Waals surface area contributed by atoms with E-state index in [1.54, 1.807) is 4.90 Å². The molecule has 0 radical (unpaired) electrons. The summed E-state index contributed by atoms with van der Waals surface area (Å²) in [5.74, 6) is 0.378. The molecule has 0 atom stereocenters. The van der Waals surface area contributed by atoms with Gasteiger partial charge in [0.05, 0.1) is 5.69 Å². The molecule has 0 spiro atoms. The zero-order valence-electron chi connectivity index (χ0n) is 14.9. The summed E-state index contributed by atoms with van der Waals surface area (Å²) < 4.78 is 35.3. The van der Waals surface area contributed by atoms with Gasteiger partial charge in [-0.1, -0.05) is 5.16 Å². The first-order valence-corrected chi connectivity index (χ1v) is 8.27. The molecule has 2 aromatic heterocycles. The topological polar surface area (TPSA) is 76.6 Å². The number of nitrogens with zero attached hydrogens (tertiary/aromatic N) is 5. The minimum Gasteiger partial charge on any atom is -0.417 e. The number of hydrogen-bond donors (Lipinski definition) is 0. The third-order valence-electron chi connectivity index (χ3n) is 4.49. The van der Waals surface area contributed by atoms with Crippen LogP contribution in [0.2, 0.25) is 0 Å². The maximum Gasteiger partial charge on any atom is 0.388 e. The van der Waals surface area contributed by atoms with E-state index >= 15 is 0 Å². The second-order valence-corrected chi connectivity index (χ2v) is 6.24. The minimum absolute atomic E-state index is 0.0994. The molecule has 26 heavy (non-hydrogen) atoms. The first kappa shape index (κ1) is 18.3. The van der Waals surface area contributed by atoms with Crippen molar-refractivity contribution in [1.82, 2.24) is 24.7 Å². The highest BCUT2D eigenvalue weighted by Crippen LogP contribution is 2.19. The molecular weight excluding hydrogens is 348 g/mol. The summed E-state index contributed by atoms with van der Waals surface area (Å²) in [6.07, 6.45) is 0. The first-order chi connectivity index (χ1) is 12.3. The number of carbonyl (C=O) groups is 1. The number of hydrogen-bond acceptors (Lipinski definition) is 6. The molecule has 1 fully saturated rings. The van der Waals surface area contributed by atoms with Gasteiger partial charge in [-0.2, -0.15) is 13.9 Å². The van der Waals surface area contributed by atoms with E-state index in [4.69, 9.17) is 4.52 Å². The molecular formula is C16H21F2N5O3. The van der Waals surface area contributed by atoms with Gasteiger partial charge in [0.2, 0.25) is 5.88 Å². The SMILES string of the molecule is Cc1noc(C)c1CN1CCN(C(=O)c2cc(OC(F)F)n(C)n2)CC1. The van der Waals surface area contributed by atoms with Crippen LogP contribution in [0, 0.1) is 13.8 Å². The van der Waals surface area contributed by atoms with E-state index in [1.807, 2.05) is 13.8 Å². The average Bonchev–Trinajstić information content (AvgIpc) is 3.11. The Morgan fingerprint density at radius 2 is 2.00 bits per heavy atom. The van der Waals surface area contributed by atoms with E-state index in [1.165, 1.54) is 13.1 Å². The number of piperazine rings is 1. The number of carbonyl (C=O) groups excluding carboxylic acids is 1. The fourth-order valence-electron chi connectivity index (χ4n) is 2.98. The summed E-state index contributed by atoms with van der Waals surface area (Å²) >= 11 is 0. The summed E-state index contributed by atoms with van der Waals surface area (Å²) in [6, 6.07) is 1.24. The summed E-state index contributed by atoms with van der Waals surface area (Å²) in [5, 5.41) is 7.93. The van der Waals surface area contributed by atoms with E-state index in [0.717, 1.165) is 28.2 Å². The Kier molecular flexibility index (Phi) is 5.21. The average molecular weight is 369 g/mol. The lowest BCUT2D eigenvalue weighted by atomic mass is 10.1. The number of ether oxygens (including phenoxy) is 1. The van der Waals surface area contributed by atoms with Crippen molar-refractivity contribution in [3.05, 3.63) is 28.8 Å². The van der Waals surface area contributed by atoms with Crippen molar-refractivity contribution in [3.8, 4) is 5.88 Å². The predicted octanol–water partition coefficient (Wildman–Crippen LogP) is 1.58. The molecule has 0 N–H and O–H groups in total. The van der Waals surface area contributed by atoms with Crippen LogP contribution >= 0.6 is 0 Å². The maximum atomic E-state index is 12.5. The van der Waals surface area contributed by atoms with E-state index in [2.05, 4.69) is 19.9 Å². The zero-order valence-corrected chi connectivity index (χ0v) is 14.9. The van der Waals surface area contributed by atoms with Crippen molar-refractivity contribution in [2.45, 2.75) is 27.0 Å². The van der Waals surface area contributed by atoms with Crippen molar-refractivity contribution in [3.63, 3.8) is 0 Å². The van der Waals surface area contributed by atoms with Crippen LogP contribution in [0.3, 0.4) is 0 Å². The maximum absolute atomic E-state index is 12.5. The third kappa shape index (κ3) is 3.85. The second kappa shape index (κ2) is 7.40. The molecule has 2 aromatic rings. The zero-order chi connectivity index (χ0) is 18.8. The Labute approximate surface area is 149 Å². The number of rotatable bonds is 5. The largest absolute Gasteiger partial charge is 0.417 e. The smallest absolute Gasteiger partial charge is 0.388 e. The molecule has 0 unspecified atom stereocenters. The van der Waals surface area contributed by atoms with Gasteiger partial charge in [-0.25, -0.2) is 4.68 Å². The lowest BCUT2D eigenvalue weighted by Gasteiger charge is -2.34. The van der Waals surface area contributed by atoms with Crippen LogP contribution in [0.15, 0.2) is 10.6 Å².